The Labute approximate surface area is 109 Å². The Morgan fingerprint density at radius 3 is 2.56 bits per heavy atom. The van der Waals surface area contributed by atoms with Crippen molar-refractivity contribution >= 4 is 10.0 Å². The molecule has 5 nitrogen and oxygen atoms in total. The fraction of sp³-hybridized carbons (Fsp3) is 0.667. The third-order valence-corrected chi connectivity index (χ3v) is 5.68. The van der Waals surface area contributed by atoms with Gasteiger partial charge in [0.1, 0.15) is 4.90 Å². The molecule has 2 N–H and O–H groups in total. The number of nitrogens with two attached hydrogens (primary N) is 1. The van der Waals surface area contributed by atoms with E-state index in [9.17, 15) is 8.42 Å². The summed E-state index contributed by atoms with van der Waals surface area (Å²) in [5, 5.41) is 0. The molecule has 0 atom stereocenters. The molecule has 0 bridgehead atoms. The van der Waals surface area contributed by atoms with E-state index in [-0.39, 0.29) is 6.04 Å². The van der Waals surface area contributed by atoms with E-state index >= 15 is 0 Å². The van der Waals surface area contributed by atoms with E-state index in [2.05, 4.69) is 0 Å². The molecule has 0 radical (unpaired) electrons. The SMILES string of the molecule is CN(C1CCCC1)S(=O)(=O)c1cc(CN)n(C)c1. The van der Waals surface area contributed by atoms with E-state index in [1.165, 1.54) is 4.31 Å². The monoisotopic (exact) mass is 271 g/mol. The van der Waals surface area contributed by atoms with Crippen LogP contribution in [-0.2, 0) is 23.6 Å². The van der Waals surface area contributed by atoms with Crippen molar-refractivity contribution in [1.82, 2.24) is 8.87 Å². The molecule has 1 heterocycles. The van der Waals surface area contributed by atoms with Gasteiger partial charge in [0.25, 0.3) is 0 Å². The Hall–Kier alpha value is -0.850. The highest BCUT2D eigenvalue weighted by molar-refractivity contribution is 7.89. The number of aromatic nitrogens is 1. The van der Waals surface area contributed by atoms with Crippen molar-refractivity contribution < 1.29 is 8.42 Å². The maximum Gasteiger partial charge on any atom is 0.244 e. The van der Waals surface area contributed by atoms with Gasteiger partial charge in [-0.15, -0.1) is 0 Å². The lowest BCUT2D eigenvalue weighted by Crippen LogP contribution is -2.35. The normalized spacial score (nSPS) is 17.8. The van der Waals surface area contributed by atoms with E-state index in [1.807, 2.05) is 7.05 Å². The molecule has 0 unspecified atom stereocenters. The summed E-state index contributed by atoms with van der Waals surface area (Å²) in [6.07, 6.45) is 5.81. The highest BCUT2D eigenvalue weighted by atomic mass is 32.2. The molecule has 1 saturated carbocycles. The van der Waals surface area contributed by atoms with Gasteiger partial charge in [0.05, 0.1) is 0 Å². The molecule has 0 spiro atoms. The van der Waals surface area contributed by atoms with Crippen molar-refractivity contribution in [2.45, 2.75) is 43.2 Å². The van der Waals surface area contributed by atoms with E-state index in [0.717, 1.165) is 31.4 Å². The Bertz CT molecular complexity index is 515. The first-order chi connectivity index (χ1) is 8.46. The molecule has 6 heteroatoms. The molecule has 0 aromatic carbocycles. The standard InChI is InChI=1S/C12H21N3O2S/c1-14-9-12(7-11(14)8-13)18(16,17)15(2)10-5-3-4-6-10/h7,9-10H,3-6,8,13H2,1-2H3. The number of nitrogens with zero attached hydrogens (tertiary/aromatic N) is 2. The molecule has 18 heavy (non-hydrogen) atoms. The van der Waals surface area contributed by atoms with E-state index in [1.54, 1.807) is 23.9 Å². The highest BCUT2D eigenvalue weighted by Gasteiger charge is 2.30. The van der Waals surface area contributed by atoms with Crippen LogP contribution >= 0.6 is 0 Å². The topological polar surface area (TPSA) is 68.3 Å². The first kappa shape index (κ1) is 13.6. The lowest BCUT2D eigenvalue weighted by atomic mass is 10.3. The molecule has 1 fully saturated rings. The Kier molecular flexibility index (Phi) is 3.79. The van der Waals surface area contributed by atoms with Gasteiger partial charge in [0, 0.05) is 38.6 Å². The molecule has 1 aliphatic rings. The first-order valence-electron chi connectivity index (χ1n) is 6.30. The first-order valence-corrected chi connectivity index (χ1v) is 7.74. The van der Waals surface area contributed by atoms with Crippen LogP contribution in [0.2, 0.25) is 0 Å². The molecule has 0 aliphatic heterocycles. The van der Waals surface area contributed by atoms with Crippen LogP contribution in [0.4, 0.5) is 0 Å². The molecule has 2 rings (SSSR count). The smallest absolute Gasteiger partial charge is 0.244 e. The van der Waals surface area contributed by atoms with Crippen LogP contribution in [0.5, 0.6) is 0 Å². The quantitative estimate of drug-likeness (QED) is 0.890. The summed E-state index contributed by atoms with van der Waals surface area (Å²) in [5.41, 5.74) is 6.40. The minimum Gasteiger partial charge on any atom is -0.352 e. The predicted octanol–water partition coefficient (Wildman–Crippen LogP) is 1.05. The summed E-state index contributed by atoms with van der Waals surface area (Å²) in [4.78, 5) is 0.347. The number of rotatable bonds is 4. The second-order valence-corrected chi connectivity index (χ2v) is 6.94. The van der Waals surface area contributed by atoms with E-state index in [0.29, 0.717) is 11.4 Å². The van der Waals surface area contributed by atoms with Crippen LogP contribution in [0, 0.1) is 0 Å². The average molecular weight is 271 g/mol. The number of sulfonamides is 1. The second kappa shape index (κ2) is 5.03. The zero-order valence-corrected chi connectivity index (χ0v) is 11.8. The minimum atomic E-state index is -3.38. The summed E-state index contributed by atoms with van der Waals surface area (Å²) >= 11 is 0. The zero-order valence-electron chi connectivity index (χ0n) is 11.0. The van der Waals surface area contributed by atoms with Crippen LogP contribution < -0.4 is 5.73 Å². The molecule has 102 valence electrons. The Morgan fingerprint density at radius 1 is 1.44 bits per heavy atom. The molecule has 1 aliphatic carbocycles. The lowest BCUT2D eigenvalue weighted by Gasteiger charge is -2.22. The zero-order chi connectivity index (χ0) is 13.3. The van der Waals surface area contributed by atoms with Crippen molar-refractivity contribution in [2.24, 2.45) is 12.8 Å². The molecule has 0 amide bonds. The third-order valence-electron chi connectivity index (χ3n) is 3.81. The minimum absolute atomic E-state index is 0.150. The summed E-state index contributed by atoms with van der Waals surface area (Å²) in [6, 6.07) is 1.82. The van der Waals surface area contributed by atoms with Crippen LogP contribution in [0.15, 0.2) is 17.2 Å². The highest BCUT2D eigenvalue weighted by Crippen LogP contribution is 2.27. The van der Waals surface area contributed by atoms with Crippen LogP contribution in [0.3, 0.4) is 0 Å². The third kappa shape index (κ3) is 2.32. The van der Waals surface area contributed by atoms with Crippen molar-refractivity contribution in [3.05, 3.63) is 18.0 Å². The summed E-state index contributed by atoms with van der Waals surface area (Å²) in [5.74, 6) is 0. The van der Waals surface area contributed by atoms with Gasteiger partial charge in [0.15, 0.2) is 0 Å². The maximum atomic E-state index is 12.5. The van der Waals surface area contributed by atoms with E-state index < -0.39 is 10.0 Å². The summed E-state index contributed by atoms with van der Waals surface area (Å²) < 4.78 is 28.2. The second-order valence-electron chi connectivity index (χ2n) is 4.94. The number of aryl methyl sites for hydroxylation is 1. The average Bonchev–Trinajstić information content (AvgIpc) is 2.96. The fourth-order valence-corrected chi connectivity index (χ4v) is 4.06. The molecule has 0 saturated heterocycles. The van der Waals surface area contributed by atoms with Gasteiger partial charge in [-0.05, 0) is 18.9 Å². The lowest BCUT2D eigenvalue weighted by molar-refractivity contribution is 0.373. The number of hydrogen-bond acceptors (Lipinski definition) is 3. The van der Waals surface area contributed by atoms with Crippen molar-refractivity contribution in [1.29, 1.82) is 0 Å². The summed E-state index contributed by atoms with van der Waals surface area (Å²) in [6.45, 7) is 0.346. The van der Waals surface area contributed by atoms with Gasteiger partial charge in [-0.1, -0.05) is 12.8 Å². The van der Waals surface area contributed by atoms with Gasteiger partial charge >= 0.3 is 0 Å². The Morgan fingerprint density at radius 2 is 2.06 bits per heavy atom. The van der Waals surface area contributed by atoms with Gasteiger partial charge in [-0.3, -0.25) is 0 Å². The van der Waals surface area contributed by atoms with Gasteiger partial charge < -0.3 is 10.3 Å². The number of hydrogen-bond donors (Lipinski definition) is 1. The molecular weight excluding hydrogens is 250 g/mol. The van der Waals surface area contributed by atoms with Crippen molar-refractivity contribution in [3.8, 4) is 0 Å². The molecule has 1 aromatic heterocycles. The van der Waals surface area contributed by atoms with Crippen LogP contribution in [-0.4, -0.2) is 30.4 Å². The van der Waals surface area contributed by atoms with Crippen LogP contribution in [0.25, 0.3) is 0 Å². The molecular formula is C12H21N3O2S. The van der Waals surface area contributed by atoms with Gasteiger partial charge in [0.2, 0.25) is 10.0 Å². The van der Waals surface area contributed by atoms with Crippen LogP contribution in [0.1, 0.15) is 31.4 Å². The summed E-state index contributed by atoms with van der Waals surface area (Å²) in [7, 11) is 0.120. The predicted molar refractivity (Wildman–Crippen MR) is 70.5 cm³/mol. The van der Waals surface area contributed by atoms with Crippen molar-refractivity contribution in [2.75, 3.05) is 7.05 Å². The van der Waals surface area contributed by atoms with E-state index in [4.69, 9.17) is 5.73 Å². The van der Waals surface area contributed by atoms with Crippen molar-refractivity contribution in [3.63, 3.8) is 0 Å². The Balaban J connectivity index is 2.28. The molecule has 1 aromatic rings. The fourth-order valence-electron chi connectivity index (χ4n) is 2.55. The largest absolute Gasteiger partial charge is 0.352 e. The maximum absolute atomic E-state index is 12.5. The van der Waals surface area contributed by atoms with Gasteiger partial charge in [-0.2, -0.15) is 4.31 Å². The van der Waals surface area contributed by atoms with Gasteiger partial charge in [-0.25, -0.2) is 8.42 Å².